The predicted molar refractivity (Wildman–Crippen MR) is 66.7 cm³/mol. The second-order valence-electron chi connectivity index (χ2n) is 5.27. The van der Waals surface area contributed by atoms with Crippen molar-refractivity contribution in [2.45, 2.75) is 32.8 Å². The Bertz CT molecular complexity index is 536. The van der Waals surface area contributed by atoms with Gasteiger partial charge in [-0.15, -0.1) is 0 Å². The fourth-order valence-corrected chi connectivity index (χ4v) is 3.09. The van der Waals surface area contributed by atoms with Crippen LogP contribution in [0.1, 0.15) is 38.4 Å². The Morgan fingerprint density at radius 3 is 3.00 bits per heavy atom. The number of carbonyl (C=O) groups excluding carboxylic acids is 1. The molecule has 1 aromatic rings. The third-order valence-corrected chi connectivity index (χ3v) is 4.08. The largest absolute Gasteiger partial charge is 0.472 e. The summed E-state index contributed by atoms with van der Waals surface area (Å²) in [5, 5.41) is 0. The number of rotatable bonds is 1. The fraction of sp³-hybridized carbons (Fsp3) is 0.400. The Morgan fingerprint density at radius 1 is 1.44 bits per heavy atom. The number of hydrogen-bond donors (Lipinski definition) is 0. The van der Waals surface area contributed by atoms with E-state index < -0.39 is 0 Å². The van der Waals surface area contributed by atoms with Crippen LogP contribution < -0.4 is 0 Å². The van der Waals surface area contributed by atoms with Gasteiger partial charge in [0.05, 0.1) is 12.5 Å². The van der Waals surface area contributed by atoms with Gasteiger partial charge in [-0.2, -0.15) is 0 Å². The maximum Gasteiger partial charge on any atom is 0.331 e. The summed E-state index contributed by atoms with van der Waals surface area (Å²) >= 11 is 0. The van der Waals surface area contributed by atoms with Crippen molar-refractivity contribution in [2.75, 3.05) is 0 Å². The molecule has 2 atom stereocenters. The summed E-state index contributed by atoms with van der Waals surface area (Å²) in [4.78, 5) is 11.8. The molecule has 0 bridgehead atoms. The minimum absolute atomic E-state index is 0.142. The van der Waals surface area contributed by atoms with Gasteiger partial charge >= 0.3 is 5.97 Å². The van der Waals surface area contributed by atoms with Crippen LogP contribution in [0.25, 0.3) is 0 Å². The van der Waals surface area contributed by atoms with E-state index in [0.29, 0.717) is 0 Å². The van der Waals surface area contributed by atoms with E-state index in [1.165, 1.54) is 5.57 Å². The van der Waals surface area contributed by atoms with Crippen molar-refractivity contribution in [3.63, 3.8) is 0 Å². The zero-order valence-corrected chi connectivity index (χ0v) is 10.6. The minimum Gasteiger partial charge on any atom is -0.472 e. The number of hydrogen-bond acceptors (Lipinski definition) is 3. The van der Waals surface area contributed by atoms with Crippen LogP contribution in [-0.4, -0.2) is 5.97 Å². The number of allylic oxidation sites excluding steroid dienone is 2. The highest BCUT2D eigenvalue weighted by Gasteiger charge is 2.46. The highest BCUT2D eigenvalue weighted by atomic mass is 16.5. The van der Waals surface area contributed by atoms with Crippen molar-refractivity contribution in [3.8, 4) is 0 Å². The summed E-state index contributed by atoms with van der Waals surface area (Å²) in [6.45, 7) is 4.23. The molecular weight excluding hydrogens is 228 g/mol. The van der Waals surface area contributed by atoms with Crippen LogP contribution in [-0.2, 0) is 9.53 Å². The smallest absolute Gasteiger partial charge is 0.331 e. The lowest BCUT2D eigenvalue weighted by Gasteiger charge is -2.43. The zero-order valence-electron chi connectivity index (χ0n) is 10.6. The molecule has 3 rings (SSSR count). The molecule has 0 saturated heterocycles. The van der Waals surface area contributed by atoms with Gasteiger partial charge in [0.2, 0.25) is 0 Å². The van der Waals surface area contributed by atoms with Gasteiger partial charge in [-0.25, -0.2) is 4.79 Å². The molecule has 0 saturated carbocycles. The monoisotopic (exact) mass is 244 g/mol. The van der Waals surface area contributed by atoms with Crippen LogP contribution in [0.5, 0.6) is 0 Å². The van der Waals surface area contributed by atoms with Crippen LogP contribution in [0.15, 0.2) is 46.3 Å². The molecule has 1 aromatic heterocycles. The van der Waals surface area contributed by atoms with Gasteiger partial charge in [0, 0.05) is 17.1 Å². The maximum absolute atomic E-state index is 11.8. The molecular formula is C15H16O3. The van der Waals surface area contributed by atoms with Gasteiger partial charge in [0.15, 0.2) is 0 Å². The lowest BCUT2D eigenvalue weighted by atomic mass is 9.66. The van der Waals surface area contributed by atoms with Gasteiger partial charge in [-0.05, 0) is 31.4 Å². The van der Waals surface area contributed by atoms with E-state index >= 15 is 0 Å². The summed E-state index contributed by atoms with van der Waals surface area (Å²) in [5.74, 6) is -0.261. The first kappa shape index (κ1) is 11.3. The summed E-state index contributed by atoms with van der Waals surface area (Å²) in [6.07, 6.45) is 8.88. The molecule has 0 unspecified atom stereocenters. The number of cyclic esters (lactones) is 1. The lowest BCUT2D eigenvalue weighted by molar-refractivity contribution is -0.152. The molecule has 0 amide bonds. The Morgan fingerprint density at radius 2 is 2.28 bits per heavy atom. The first-order chi connectivity index (χ1) is 8.61. The van der Waals surface area contributed by atoms with Gasteiger partial charge in [-0.1, -0.05) is 18.6 Å². The third kappa shape index (κ3) is 1.54. The molecule has 0 radical (unpaired) electrons. The number of carbonyl (C=O) groups is 1. The summed E-state index contributed by atoms with van der Waals surface area (Å²) < 4.78 is 10.7. The van der Waals surface area contributed by atoms with E-state index in [1.807, 2.05) is 6.07 Å². The first-order valence-corrected chi connectivity index (χ1v) is 6.23. The average molecular weight is 244 g/mol. The SMILES string of the molecule is CC1=CCC[C@@]2(C)C1=CC(=O)O[C@H]2c1ccoc1. The number of furan rings is 1. The quantitative estimate of drug-likeness (QED) is 0.709. The number of fused-ring (bicyclic) bond motifs is 1. The Labute approximate surface area is 106 Å². The van der Waals surface area contributed by atoms with Gasteiger partial charge in [-0.3, -0.25) is 0 Å². The molecule has 2 aliphatic rings. The predicted octanol–water partition coefficient (Wildman–Crippen LogP) is 3.55. The number of ether oxygens (including phenoxy) is 1. The normalized spacial score (nSPS) is 31.2. The fourth-order valence-electron chi connectivity index (χ4n) is 3.09. The van der Waals surface area contributed by atoms with E-state index in [1.54, 1.807) is 18.6 Å². The Hall–Kier alpha value is -1.77. The highest BCUT2D eigenvalue weighted by molar-refractivity contribution is 5.86. The standard InChI is InChI=1S/C15H16O3/c1-10-4-3-6-15(2)12(10)8-13(16)18-14(15)11-5-7-17-9-11/h4-5,7-9,14H,3,6H2,1-2H3/t14-,15-/m0/s1. The molecule has 0 fully saturated rings. The molecule has 0 spiro atoms. The molecule has 1 aliphatic heterocycles. The van der Waals surface area contributed by atoms with Crippen molar-refractivity contribution >= 4 is 5.97 Å². The highest BCUT2D eigenvalue weighted by Crippen LogP contribution is 2.53. The van der Waals surface area contributed by atoms with Gasteiger partial charge < -0.3 is 9.15 Å². The van der Waals surface area contributed by atoms with E-state index in [2.05, 4.69) is 19.9 Å². The minimum atomic E-state index is -0.261. The van der Waals surface area contributed by atoms with Gasteiger partial charge in [0.1, 0.15) is 6.10 Å². The second kappa shape index (κ2) is 3.87. The van der Waals surface area contributed by atoms with Crippen molar-refractivity contribution in [1.82, 2.24) is 0 Å². The first-order valence-electron chi connectivity index (χ1n) is 6.23. The number of esters is 1. The molecule has 3 nitrogen and oxygen atoms in total. The van der Waals surface area contributed by atoms with Crippen LogP contribution in [0, 0.1) is 5.41 Å². The van der Waals surface area contributed by atoms with Crippen LogP contribution >= 0.6 is 0 Å². The van der Waals surface area contributed by atoms with Crippen LogP contribution in [0.3, 0.4) is 0 Å². The molecule has 2 heterocycles. The zero-order chi connectivity index (χ0) is 12.8. The van der Waals surface area contributed by atoms with E-state index in [9.17, 15) is 4.79 Å². The van der Waals surface area contributed by atoms with Crippen LogP contribution in [0.4, 0.5) is 0 Å². The second-order valence-corrected chi connectivity index (χ2v) is 5.27. The summed E-state index contributed by atoms with van der Waals surface area (Å²) in [6, 6.07) is 1.87. The molecule has 1 aliphatic carbocycles. The van der Waals surface area contributed by atoms with Crippen molar-refractivity contribution in [2.24, 2.45) is 5.41 Å². The Kier molecular flexibility index (Phi) is 2.44. The summed E-state index contributed by atoms with van der Waals surface area (Å²) in [5.41, 5.74) is 3.09. The Balaban J connectivity index is 2.11. The average Bonchev–Trinajstić information content (AvgIpc) is 2.84. The maximum atomic E-state index is 11.8. The summed E-state index contributed by atoms with van der Waals surface area (Å²) in [7, 11) is 0. The van der Waals surface area contributed by atoms with Gasteiger partial charge in [0.25, 0.3) is 0 Å². The molecule has 0 N–H and O–H groups in total. The molecule has 18 heavy (non-hydrogen) atoms. The van der Waals surface area contributed by atoms with E-state index in [0.717, 1.165) is 24.0 Å². The van der Waals surface area contributed by atoms with Crippen molar-refractivity contribution < 1.29 is 13.9 Å². The lowest BCUT2D eigenvalue weighted by Crippen LogP contribution is -2.37. The van der Waals surface area contributed by atoms with E-state index in [4.69, 9.17) is 9.15 Å². The van der Waals surface area contributed by atoms with Crippen molar-refractivity contribution in [1.29, 1.82) is 0 Å². The molecule has 94 valence electrons. The van der Waals surface area contributed by atoms with Crippen LogP contribution in [0.2, 0.25) is 0 Å². The molecule has 0 aromatic carbocycles. The van der Waals surface area contributed by atoms with E-state index in [-0.39, 0.29) is 17.5 Å². The topological polar surface area (TPSA) is 39.4 Å². The third-order valence-electron chi connectivity index (χ3n) is 4.08. The molecule has 3 heteroatoms. The van der Waals surface area contributed by atoms with Crippen molar-refractivity contribution in [3.05, 3.63) is 47.5 Å².